The van der Waals surface area contributed by atoms with Crippen molar-refractivity contribution < 1.29 is 9.53 Å². The van der Waals surface area contributed by atoms with Crippen LogP contribution in [0.5, 0.6) is 0 Å². The minimum atomic E-state index is -0.248. The summed E-state index contributed by atoms with van der Waals surface area (Å²) in [5, 5.41) is 0. The molecule has 122 valence electrons. The highest BCUT2D eigenvalue weighted by Crippen LogP contribution is 2.72. The van der Waals surface area contributed by atoms with E-state index in [1.54, 1.807) is 0 Å². The monoisotopic (exact) mass is 296 g/mol. The number of nitrogens with two attached hydrogens (primary N) is 1. The van der Waals surface area contributed by atoms with Gasteiger partial charge < -0.3 is 15.4 Å². The molecule has 0 unspecified atom stereocenters. The summed E-state index contributed by atoms with van der Waals surface area (Å²) in [6.07, 6.45) is 3.47. The van der Waals surface area contributed by atoms with Crippen molar-refractivity contribution in [3.63, 3.8) is 0 Å². The summed E-state index contributed by atoms with van der Waals surface area (Å²) in [5.41, 5.74) is 6.19. The highest BCUT2D eigenvalue weighted by Gasteiger charge is 2.72. The molecule has 0 heterocycles. The lowest BCUT2D eigenvalue weighted by Gasteiger charge is -2.55. The number of nitrogens with zero attached hydrogens (tertiary/aromatic N) is 1. The number of hydrogen-bond donors (Lipinski definition) is 1. The van der Waals surface area contributed by atoms with Crippen LogP contribution in [0.3, 0.4) is 0 Å². The molecule has 4 heteroatoms. The van der Waals surface area contributed by atoms with Gasteiger partial charge in [-0.3, -0.25) is 4.79 Å². The molecule has 2 bridgehead atoms. The maximum atomic E-state index is 12.6. The van der Waals surface area contributed by atoms with Crippen molar-refractivity contribution in [3.8, 4) is 0 Å². The van der Waals surface area contributed by atoms with Crippen molar-refractivity contribution in [2.24, 2.45) is 28.4 Å². The van der Waals surface area contributed by atoms with Crippen LogP contribution in [0, 0.1) is 22.7 Å². The molecule has 21 heavy (non-hydrogen) atoms. The molecule has 0 saturated heterocycles. The van der Waals surface area contributed by atoms with Crippen LogP contribution >= 0.6 is 0 Å². The van der Waals surface area contributed by atoms with Crippen molar-refractivity contribution in [2.75, 3.05) is 27.2 Å². The number of fused-ring (bicyclic) bond motifs is 2. The maximum absolute atomic E-state index is 12.6. The lowest BCUT2D eigenvalue weighted by molar-refractivity contribution is -0.160. The predicted octanol–water partition coefficient (Wildman–Crippen LogP) is 2.27. The van der Waals surface area contributed by atoms with Crippen molar-refractivity contribution in [2.45, 2.75) is 52.5 Å². The van der Waals surface area contributed by atoms with E-state index in [-0.39, 0.29) is 28.3 Å². The molecule has 0 amide bonds. The second-order valence-electron chi connectivity index (χ2n) is 7.85. The van der Waals surface area contributed by atoms with E-state index in [1.807, 2.05) is 6.92 Å². The number of rotatable bonds is 5. The smallest absolute Gasteiger partial charge is 0.312 e. The fourth-order valence-electron chi connectivity index (χ4n) is 5.57. The van der Waals surface area contributed by atoms with Gasteiger partial charge in [0.1, 0.15) is 0 Å². The largest absolute Gasteiger partial charge is 0.466 e. The van der Waals surface area contributed by atoms with Crippen LogP contribution in [0.4, 0.5) is 0 Å². The molecule has 2 N–H and O–H groups in total. The van der Waals surface area contributed by atoms with Gasteiger partial charge in [0.25, 0.3) is 0 Å². The van der Waals surface area contributed by atoms with Crippen LogP contribution in [0.1, 0.15) is 47.0 Å². The van der Waals surface area contributed by atoms with Gasteiger partial charge in [-0.1, -0.05) is 20.8 Å². The quantitative estimate of drug-likeness (QED) is 0.791. The van der Waals surface area contributed by atoms with E-state index in [4.69, 9.17) is 10.5 Å². The summed E-state index contributed by atoms with van der Waals surface area (Å²) in [6.45, 7) is 9.74. The summed E-state index contributed by atoms with van der Waals surface area (Å²) >= 11 is 0. The van der Waals surface area contributed by atoms with Gasteiger partial charge in [0.15, 0.2) is 0 Å². The molecule has 0 spiro atoms. The van der Waals surface area contributed by atoms with Crippen LogP contribution in [-0.4, -0.2) is 43.7 Å². The minimum Gasteiger partial charge on any atom is -0.466 e. The molecular weight excluding hydrogens is 264 g/mol. The molecule has 0 aromatic rings. The van der Waals surface area contributed by atoms with E-state index >= 15 is 0 Å². The first kappa shape index (κ1) is 16.8. The Balaban J connectivity index is 2.51. The predicted molar refractivity (Wildman–Crippen MR) is 84.8 cm³/mol. The first-order chi connectivity index (χ1) is 9.69. The zero-order chi connectivity index (χ0) is 16.1. The normalized spacial score (nSPS) is 38.8. The zero-order valence-corrected chi connectivity index (χ0v) is 14.5. The molecule has 2 aliphatic carbocycles. The Kier molecular flexibility index (Phi) is 4.18. The van der Waals surface area contributed by atoms with E-state index in [0.29, 0.717) is 19.1 Å². The van der Waals surface area contributed by atoms with Gasteiger partial charge in [-0.2, -0.15) is 0 Å². The summed E-state index contributed by atoms with van der Waals surface area (Å²) in [7, 11) is 4.20. The fourth-order valence-corrected chi connectivity index (χ4v) is 5.57. The maximum Gasteiger partial charge on any atom is 0.312 e. The SMILES string of the molecule is CCOC(=O)[C@@H](CN)[C@@]1(N(C)C)C[C@H]2CC[C@@]1(C)C2(C)C. The van der Waals surface area contributed by atoms with Gasteiger partial charge in [-0.15, -0.1) is 0 Å². The van der Waals surface area contributed by atoms with Gasteiger partial charge >= 0.3 is 5.97 Å². The third kappa shape index (κ3) is 1.91. The molecule has 2 saturated carbocycles. The Hall–Kier alpha value is -0.610. The van der Waals surface area contributed by atoms with Crippen LogP contribution in [0.2, 0.25) is 0 Å². The van der Waals surface area contributed by atoms with Gasteiger partial charge in [0, 0.05) is 12.1 Å². The average Bonchev–Trinajstić information content (AvgIpc) is 2.71. The molecule has 0 aromatic carbocycles. The van der Waals surface area contributed by atoms with Crippen LogP contribution in [-0.2, 0) is 9.53 Å². The van der Waals surface area contributed by atoms with E-state index in [0.717, 1.165) is 6.42 Å². The molecule has 0 radical (unpaired) electrons. The van der Waals surface area contributed by atoms with E-state index in [9.17, 15) is 4.79 Å². The second-order valence-corrected chi connectivity index (χ2v) is 7.85. The highest BCUT2D eigenvalue weighted by molar-refractivity contribution is 5.75. The molecule has 4 nitrogen and oxygen atoms in total. The Morgan fingerprint density at radius 2 is 2.00 bits per heavy atom. The first-order valence-corrected chi connectivity index (χ1v) is 8.23. The van der Waals surface area contributed by atoms with Crippen LogP contribution in [0.15, 0.2) is 0 Å². The van der Waals surface area contributed by atoms with Gasteiger partial charge in [-0.25, -0.2) is 0 Å². The van der Waals surface area contributed by atoms with Gasteiger partial charge in [-0.05, 0) is 57.0 Å². The minimum absolute atomic E-state index is 0.0883. The van der Waals surface area contributed by atoms with Gasteiger partial charge in [0.05, 0.1) is 12.5 Å². The van der Waals surface area contributed by atoms with Crippen molar-refractivity contribution in [1.29, 1.82) is 0 Å². The standard InChI is InChI=1S/C17H32N2O2/c1-7-21-14(20)13(11-18)17(19(5)6)10-12-8-9-16(17,4)15(12,2)3/h12-13H,7-11,18H2,1-6H3/t12-,13-,16+,17+/m1/s1. The Bertz CT molecular complexity index is 421. The lowest BCUT2D eigenvalue weighted by atomic mass is 9.58. The zero-order valence-electron chi connectivity index (χ0n) is 14.5. The third-order valence-corrected chi connectivity index (χ3v) is 7.13. The topological polar surface area (TPSA) is 55.6 Å². The molecule has 2 aliphatic rings. The number of esters is 1. The van der Waals surface area contributed by atoms with Crippen molar-refractivity contribution in [3.05, 3.63) is 0 Å². The number of carbonyl (C=O) groups excluding carboxylic acids is 1. The average molecular weight is 296 g/mol. The number of ether oxygens (including phenoxy) is 1. The fraction of sp³-hybridized carbons (Fsp3) is 0.941. The molecule has 2 fully saturated rings. The van der Waals surface area contributed by atoms with Crippen molar-refractivity contribution >= 4 is 5.97 Å². The summed E-state index contributed by atoms with van der Waals surface area (Å²) in [5.74, 6) is 0.286. The molecule has 0 aromatic heterocycles. The molecule has 2 rings (SSSR count). The summed E-state index contributed by atoms with van der Waals surface area (Å²) in [4.78, 5) is 14.8. The first-order valence-electron chi connectivity index (χ1n) is 8.23. The highest BCUT2D eigenvalue weighted by atomic mass is 16.5. The van der Waals surface area contributed by atoms with Crippen molar-refractivity contribution in [1.82, 2.24) is 4.90 Å². The number of carbonyl (C=O) groups is 1. The Morgan fingerprint density at radius 1 is 1.38 bits per heavy atom. The van der Waals surface area contributed by atoms with Gasteiger partial charge in [0.2, 0.25) is 0 Å². The lowest BCUT2D eigenvalue weighted by Crippen LogP contribution is -2.64. The number of hydrogen-bond acceptors (Lipinski definition) is 4. The molecule has 0 aliphatic heterocycles. The van der Waals surface area contributed by atoms with E-state index < -0.39 is 0 Å². The molecular formula is C17H32N2O2. The Labute approximate surface area is 129 Å². The van der Waals surface area contributed by atoms with E-state index in [1.165, 1.54) is 12.8 Å². The summed E-state index contributed by atoms with van der Waals surface area (Å²) < 4.78 is 5.36. The Morgan fingerprint density at radius 3 is 2.33 bits per heavy atom. The molecule has 4 atom stereocenters. The summed E-state index contributed by atoms with van der Waals surface area (Å²) in [6, 6.07) is 0. The van der Waals surface area contributed by atoms with Crippen LogP contribution in [0.25, 0.3) is 0 Å². The van der Waals surface area contributed by atoms with E-state index in [2.05, 4.69) is 39.8 Å². The third-order valence-electron chi connectivity index (χ3n) is 7.13. The van der Waals surface area contributed by atoms with Crippen LogP contribution < -0.4 is 5.73 Å². The second kappa shape index (κ2) is 5.24.